The third-order valence-electron chi connectivity index (χ3n) is 3.58. The van der Waals surface area contributed by atoms with E-state index < -0.39 is 6.09 Å². The van der Waals surface area contributed by atoms with Crippen molar-refractivity contribution >= 4 is 6.09 Å². The van der Waals surface area contributed by atoms with E-state index in [0.29, 0.717) is 6.61 Å². The maximum Gasteiger partial charge on any atom is 0.407 e. The van der Waals surface area contributed by atoms with Crippen LogP contribution < -0.4 is 10.1 Å². The first kappa shape index (κ1) is 12.8. The van der Waals surface area contributed by atoms with Gasteiger partial charge in [0.25, 0.3) is 0 Å². The molecule has 4 nitrogen and oxygen atoms in total. The van der Waals surface area contributed by atoms with Crippen LogP contribution in [0.1, 0.15) is 18.5 Å². The number of nitrogens with one attached hydrogen (secondary N) is 1. The van der Waals surface area contributed by atoms with Gasteiger partial charge in [0.2, 0.25) is 0 Å². The largest absolute Gasteiger partial charge is 0.485 e. The van der Waals surface area contributed by atoms with Crippen molar-refractivity contribution in [1.82, 2.24) is 5.32 Å². The summed E-state index contributed by atoms with van der Waals surface area (Å²) in [7, 11) is 0. The van der Waals surface area contributed by atoms with Gasteiger partial charge in [0, 0.05) is 11.5 Å². The second-order valence-corrected chi connectivity index (χ2v) is 4.81. The summed E-state index contributed by atoms with van der Waals surface area (Å²) in [6, 6.07) is 7.66. The first-order chi connectivity index (χ1) is 9.79. The molecule has 0 saturated carbocycles. The van der Waals surface area contributed by atoms with Gasteiger partial charge in [-0.3, -0.25) is 0 Å². The summed E-state index contributed by atoms with van der Waals surface area (Å²) < 4.78 is 11.0. The fourth-order valence-corrected chi connectivity index (χ4v) is 2.70. The number of alkyl carbamates (subject to hydrolysis) is 1. The van der Waals surface area contributed by atoms with Gasteiger partial charge < -0.3 is 14.8 Å². The van der Waals surface area contributed by atoms with Crippen LogP contribution in [0.25, 0.3) is 0 Å². The highest BCUT2D eigenvalue weighted by Crippen LogP contribution is 2.40. The molecule has 104 valence electrons. The third-order valence-corrected chi connectivity index (χ3v) is 3.58. The second-order valence-electron chi connectivity index (χ2n) is 4.81. The minimum atomic E-state index is -0.393. The Balaban J connectivity index is 1.93. The van der Waals surface area contributed by atoms with Gasteiger partial charge in [-0.1, -0.05) is 36.4 Å². The van der Waals surface area contributed by atoms with Gasteiger partial charge in [0.05, 0.1) is 12.6 Å². The molecule has 1 aliphatic carbocycles. The molecule has 1 amide bonds. The quantitative estimate of drug-likeness (QED) is 0.899. The number of benzene rings is 1. The van der Waals surface area contributed by atoms with Crippen LogP contribution in [0.2, 0.25) is 0 Å². The van der Waals surface area contributed by atoms with Crippen LogP contribution in [0.15, 0.2) is 48.6 Å². The van der Waals surface area contributed by atoms with Gasteiger partial charge in [-0.2, -0.15) is 0 Å². The molecule has 4 heteroatoms. The fourth-order valence-electron chi connectivity index (χ4n) is 2.70. The average molecular weight is 271 g/mol. The Labute approximate surface area is 118 Å². The lowest BCUT2D eigenvalue weighted by atomic mass is 9.83. The van der Waals surface area contributed by atoms with Gasteiger partial charge in [-0.15, -0.1) is 0 Å². The van der Waals surface area contributed by atoms with Gasteiger partial charge in [-0.05, 0) is 19.1 Å². The van der Waals surface area contributed by atoms with E-state index in [2.05, 4.69) is 11.4 Å². The minimum absolute atomic E-state index is 0.0539. The molecule has 0 bridgehead atoms. The number of fused-ring (bicyclic) bond motifs is 2. The molecule has 2 aliphatic rings. The summed E-state index contributed by atoms with van der Waals surface area (Å²) in [5.41, 5.74) is 0.988. The van der Waals surface area contributed by atoms with E-state index in [9.17, 15) is 4.79 Å². The molecule has 0 saturated heterocycles. The second kappa shape index (κ2) is 5.41. The zero-order valence-corrected chi connectivity index (χ0v) is 11.3. The van der Waals surface area contributed by atoms with Gasteiger partial charge >= 0.3 is 6.09 Å². The Morgan fingerprint density at radius 1 is 1.30 bits per heavy atom. The molecule has 3 unspecified atom stereocenters. The smallest absolute Gasteiger partial charge is 0.407 e. The Kier molecular flexibility index (Phi) is 3.46. The summed E-state index contributed by atoms with van der Waals surface area (Å²) in [5.74, 6) is 0.898. The van der Waals surface area contributed by atoms with Crippen LogP contribution in [0.5, 0.6) is 5.75 Å². The summed E-state index contributed by atoms with van der Waals surface area (Å²) >= 11 is 0. The number of allylic oxidation sites excluding steroid dienone is 2. The van der Waals surface area contributed by atoms with Crippen molar-refractivity contribution in [1.29, 1.82) is 0 Å². The summed E-state index contributed by atoms with van der Waals surface area (Å²) in [6.45, 7) is 2.16. The van der Waals surface area contributed by atoms with Gasteiger partial charge in [0.15, 0.2) is 0 Å². The minimum Gasteiger partial charge on any atom is -0.485 e. The van der Waals surface area contributed by atoms with Crippen LogP contribution in [0.3, 0.4) is 0 Å². The molecule has 3 atom stereocenters. The number of amides is 1. The van der Waals surface area contributed by atoms with E-state index in [1.165, 1.54) is 0 Å². The molecule has 1 heterocycles. The number of carbonyl (C=O) groups is 1. The number of hydrogen-bond acceptors (Lipinski definition) is 3. The first-order valence-corrected chi connectivity index (χ1v) is 6.83. The number of hydrogen-bond donors (Lipinski definition) is 1. The Morgan fingerprint density at radius 3 is 2.95 bits per heavy atom. The molecule has 20 heavy (non-hydrogen) atoms. The van der Waals surface area contributed by atoms with Crippen molar-refractivity contribution in [3.8, 4) is 5.75 Å². The van der Waals surface area contributed by atoms with Crippen LogP contribution >= 0.6 is 0 Å². The monoisotopic (exact) mass is 271 g/mol. The van der Waals surface area contributed by atoms with Crippen molar-refractivity contribution in [3.05, 3.63) is 54.1 Å². The number of rotatable bonds is 2. The fraction of sp³-hybridized carbons (Fsp3) is 0.312. The van der Waals surface area contributed by atoms with E-state index >= 15 is 0 Å². The van der Waals surface area contributed by atoms with E-state index in [-0.39, 0.29) is 18.1 Å². The predicted octanol–water partition coefficient (Wildman–Crippen LogP) is 2.98. The summed E-state index contributed by atoms with van der Waals surface area (Å²) in [6.07, 6.45) is 7.59. The molecule has 0 spiro atoms. The molecular weight excluding hydrogens is 254 g/mol. The number of ether oxygens (including phenoxy) is 2. The highest BCUT2D eigenvalue weighted by molar-refractivity contribution is 5.68. The van der Waals surface area contributed by atoms with E-state index in [1.807, 2.05) is 42.5 Å². The van der Waals surface area contributed by atoms with Crippen molar-refractivity contribution < 1.29 is 14.3 Å². The standard InChI is InChI=1S/C16H17NO3/c1-2-19-16(18)17-15-11-7-3-5-9-13(11)20-14-10-6-4-8-12(14)15/h3-11,13,15H,2H2,1H3,(H,17,18). The van der Waals surface area contributed by atoms with Crippen molar-refractivity contribution in [2.75, 3.05) is 6.61 Å². The van der Waals surface area contributed by atoms with Crippen molar-refractivity contribution in [2.24, 2.45) is 5.92 Å². The maximum absolute atomic E-state index is 11.8. The number of para-hydroxylation sites is 1. The lowest BCUT2D eigenvalue weighted by Crippen LogP contribution is -2.43. The van der Waals surface area contributed by atoms with E-state index in [1.54, 1.807) is 6.92 Å². The van der Waals surface area contributed by atoms with Gasteiger partial charge in [0.1, 0.15) is 11.9 Å². The lowest BCUT2D eigenvalue weighted by Gasteiger charge is -2.38. The Hall–Kier alpha value is -2.23. The lowest BCUT2D eigenvalue weighted by molar-refractivity contribution is 0.120. The molecule has 0 radical (unpaired) electrons. The molecule has 1 aromatic rings. The predicted molar refractivity (Wildman–Crippen MR) is 75.5 cm³/mol. The normalized spacial score (nSPS) is 26.1. The third kappa shape index (κ3) is 2.29. The average Bonchev–Trinajstić information content (AvgIpc) is 2.47. The zero-order valence-electron chi connectivity index (χ0n) is 11.3. The molecule has 0 aromatic heterocycles. The van der Waals surface area contributed by atoms with Crippen LogP contribution in [0.4, 0.5) is 4.79 Å². The number of carbonyl (C=O) groups excluding carboxylic acids is 1. The van der Waals surface area contributed by atoms with Gasteiger partial charge in [-0.25, -0.2) is 4.79 Å². The van der Waals surface area contributed by atoms with Crippen molar-refractivity contribution in [2.45, 2.75) is 19.1 Å². The Bertz CT molecular complexity index is 565. The molecule has 1 aliphatic heterocycles. The van der Waals surface area contributed by atoms with Crippen LogP contribution in [-0.4, -0.2) is 18.8 Å². The van der Waals surface area contributed by atoms with E-state index in [4.69, 9.17) is 9.47 Å². The van der Waals surface area contributed by atoms with Crippen molar-refractivity contribution in [3.63, 3.8) is 0 Å². The SMILES string of the molecule is CCOC(=O)NC1c2ccccc2OC2C=CC=CC21. The van der Waals surface area contributed by atoms with Crippen LogP contribution in [0, 0.1) is 5.92 Å². The summed E-state index contributed by atoms with van der Waals surface area (Å²) in [5, 5.41) is 2.95. The molecular formula is C16H17NO3. The summed E-state index contributed by atoms with van der Waals surface area (Å²) in [4.78, 5) is 11.8. The molecule has 3 rings (SSSR count). The topological polar surface area (TPSA) is 47.6 Å². The maximum atomic E-state index is 11.8. The Morgan fingerprint density at radius 2 is 2.10 bits per heavy atom. The molecule has 1 aromatic carbocycles. The van der Waals surface area contributed by atoms with Crippen LogP contribution in [-0.2, 0) is 4.74 Å². The highest BCUT2D eigenvalue weighted by Gasteiger charge is 2.37. The zero-order chi connectivity index (χ0) is 13.9. The highest BCUT2D eigenvalue weighted by atomic mass is 16.5. The molecule has 1 N–H and O–H groups in total. The van der Waals surface area contributed by atoms with E-state index in [0.717, 1.165) is 11.3 Å². The molecule has 0 fully saturated rings. The first-order valence-electron chi connectivity index (χ1n) is 6.83.